The molecule has 0 saturated carbocycles. The quantitative estimate of drug-likeness (QED) is 0.352. The summed E-state index contributed by atoms with van der Waals surface area (Å²) in [6.45, 7) is 0.247. The van der Waals surface area contributed by atoms with Crippen LogP contribution in [0.15, 0.2) is 78.9 Å². The van der Waals surface area contributed by atoms with Gasteiger partial charge in [-0.2, -0.15) is 0 Å². The van der Waals surface area contributed by atoms with Crippen LogP contribution in [0.2, 0.25) is 0 Å². The molecule has 3 aromatic carbocycles. The Morgan fingerprint density at radius 3 is 1.91 bits per heavy atom. The first-order valence-electron chi connectivity index (χ1n) is 10.2. The van der Waals surface area contributed by atoms with Crippen LogP contribution in [0.1, 0.15) is 21.5 Å². The molecule has 0 atom stereocenters. The van der Waals surface area contributed by atoms with E-state index in [4.69, 9.17) is 14.2 Å². The molecule has 8 nitrogen and oxygen atoms in total. The molecule has 33 heavy (non-hydrogen) atoms. The van der Waals surface area contributed by atoms with Crippen LogP contribution in [-0.2, 0) is 22.3 Å². The minimum absolute atomic E-state index is 0.0830. The molecule has 0 unspecified atom stereocenters. The van der Waals surface area contributed by atoms with Crippen LogP contribution in [-0.4, -0.2) is 36.5 Å². The van der Waals surface area contributed by atoms with E-state index >= 15 is 0 Å². The monoisotopic (exact) mass is 449 g/mol. The third-order valence-corrected chi connectivity index (χ3v) is 4.57. The molecule has 0 heterocycles. The fourth-order valence-electron chi connectivity index (χ4n) is 2.94. The van der Waals surface area contributed by atoms with Gasteiger partial charge in [0.25, 0.3) is 0 Å². The van der Waals surface area contributed by atoms with Crippen LogP contribution in [0, 0.1) is 0 Å². The minimum atomic E-state index is -1.33. The molecule has 0 spiro atoms. The maximum absolute atomic E-state index is 12.0. The zero-order chi connectivity index (χ0) is 23.5. The minimum Gasteiger partial charge on any atom is -0.478 e. The molecule has 1 amide bonds. The molecule has 170 valence electrons. The Bertz CT molecular complexity index is 1080. The van der Waals surface area contributed by atoms with Crippen molar-refractivity contribution in [3.05, 3.63) is 95.6 Å². The van der Waals surface area contributed by atoms with Gasteiger partial charge in [0, 0.05) is 18.5 Å². The van der Waals surface area contributed by atoms with Gasteiger partial charge in [-0.25, -0.2) is 14.4 Å². The van der Waals surface area contributed by atoms with Crippen molar-refractivity contribution in [2.75, 3.05) is 18.5 Å². The number of carbonyl (C=O) groups excluding carboxylic acids is 2. The molecule has 0 aliphatic carbocycles. The summed E-state index contributed by atoms with van der Waals surface area (Å²) >= 11 is 0. The maximum atomic E-state index is 12.0. The summed E-state index contributed by atoms with van der Waals surface area (Å²) in [5, 5.41) is 11.9. The Kier molecular flexibility index (Phi) is 8.41. The summed E-state index contributed by atoms with van der Waals surface area (Å²) in [5.41, 5.74) is 1.89. The second-order valence-corrected chi connectivity index (χ2v) is 6.95. The molecule has 0 aliphatic rings. The lowest BCUT2D eigenvalue weighted by molar-refractivity contribution is 0.0689. The zero-order valence-corrected chi connectivity index (χ0v) is 17.7. The van der Waals surface area contributed by atoms with Crippen molar-refractivity contribution in [1.82, 2.24) is 0 Å². The fourth-order valence-corrected chi connectivity index (χ4v) is 2.94. The fraction of sp³-hybridized carbons (Fsp3) is 0.160. The third-order valence-electron chi connectivity index (χ3n) is 4.57. The van der Waals surface area contributed by atoms with Gasteiger partial charge < -0.3 is 19.3 Å². The number of anilines is 1. The van der Waals surface area contributed by atoms with Gasteiger partial charge in [-0.05, 0) is 29.3 Å². The summed E-state index contributed by atoms with van der Waals surface area (Å²) < 4.78 is 15.2. The highest BCUT2D eigenvalue weighted by Gasteiger charge is 2.17. The number of rotatable bonds is 9. The number of nitrogens with one attached hydrogen (secondary N) is 1. The van der Waals surface area contributed by atoms with Crippen molar-refractivity contribution >= 4 is 23.9 Å². The standard InChI is InChI=1S/C25H23NO7/c27-23(28)21-17-20(26-24(29)31-15-13-18-7-3-1-4-8-18)11-12-22(21)33-25(30)32-16-14-19-9-5-2-6-10-19/h1-12,17H,13-16H2,(H,26,29)(H,27,28). The van der Waals surface area contributed by atoms with Crippen LogP contribution in [0.4, 0.5) is 15.3 Å². The molecular formula is C25H23NO7. The number of hydrogen-bond donors (Lipinski definition) is 2. The summed E-state index contributed by atoms with van der Waals surface area (Å²) in [6, 6.07) is 22.8. The Hall–Kier alpha value is -4.33. The molecule has 3 aromatic rings. The molecule has 0 aliphatic heterocycles. The molecule has 0 bridgehead atoms. The average molecular weight is 449 g/mol. The van der Waals surface area contributed by atoms with Crippen molar-refractivity contribution in [3.63, 3.8) is 0 Å². The SMILES string of the molecule is O=C(Nc1ccc(OC(=O)OCCc2ccccc2)c(C(=O)O)c1)OCCc1ccccc1. The number of carboxylic acids is 1. The van der Waals surface area contributed by atoms with Crippen molar-refractivity contribution in [2.45, 2.75) is 12.8 Å². The highest BCUT2D eigenvalue weighted by atomic mass is 16.7. The second kappa shape index (κ2) is 11.9. The Morgan fingerprint density at radius 2 is 1.33 bits per heavy atom. The van der Waals surface area contributed by atoms with Gasteiger partial charge in [-0.15, -0.1) is 0 Å². The van der Waals surface area contributed by atoms with Gasteiger partial charge >= 0.3 is 18.2 Å². The maximum Gasteiger partial charge on any atom is 0.513 e. The van der Waals surface area contributed by atoms with E-state index in [0.29, 0.717) is 12.8 Å². The molecule has 0 fully saturated rings. The van der Waals surface area contributed by atoms with Gasteiger partial charge in [0.05, 0.1) is 13.2 Å². The predicted molar refractivity (Wildman–Crippen MR) is 121 cm³/mol. The lowest BCUT2D eigenvalue weighted by Gasteiger charge is -2.11. The van der Waals surface area contributed by atoms with Crippen molar-refractivity contribution in [2.24, 2.45) is 0 Å². The van der Waals surface area contributed by atoms with E-state index in [9.17, 15) is 19.5 Å². The third kappa shape index (κ3) is 7.70. The number of carbonyl (C=O) groups is 3. The Labute approximate surface area is 190 Å². The number of amides is 1. The summed E-state index contributed by atoms with van der Waals surface area (Å²) in [6.07, 6.45) is -0.698. The highest BCUT2D eigenvalue weighted by molar-refractivity contribution is 5.94. The van der Waals surface area contributed by atoms with Gasteiger partial charge in [0.15, 0.2) is 0 Å². The lowest BCUT2D eigenvalue weighted by atomic mass is 10.2. The number of hydrogen-bond acceptors (Lipinski definition) is 6. The van der Waals surface area contributed by atoms with Crippen molar-refractivity contribution in [1.29, 1.82) is 0 Å². The summed E-state index contributed by atoms with van der Waals surface area (Å²) in [4.78, 5) is 35.5. The van der Waals surface area contributed by atoms with E-state index in [-0.39, 0.29) is 30.2 Å². The van der Waals surface area contributed by atoms with Crippen LogP contribution in [0.3, 0.4) is 0 Å². The molecule has 3 rings (SSSR count). The number of ether oxygens (including phenoxy) is 3. The first-order chi connectivity index (χ1) is 16.0. The van der Waals surface area contributed by atoms with Crippen molar-refractivity contribution in [3.8, 4) is 5.75 Å². The van der Waals surface area contributed by atoms with Gasteiger partial charge in [0.2, 0.25) is 0 Å². The Balaban J connectivity index is 1.50. The summed E-state index contributed by atoms with van der Waals surface area (Å²) in [5.74, 6) is -1.53. The second-order valence-electron chi connectivity index (χ2n) is 6.95. The van der Waals surface area contributed by atoms with E-state index in [1.165, 1.54) is 18.2 Å². The largest absolute Gasteiger partial charge is 0.513 e. The van der Waals surface area contributed by atoms with Gasteiger partial charge in [-0.3, -0.25) is 5.32 Å². The molecule has 2 N–H and O–H groups in total. The van der Waals surface area contributed by atoms with Crippen LogP contribution in [0.5, 0.6) is 5.75 Å². The number of aromatic carboxylic acids is 1. The van der Waals surface area contributed by atoms with Crippen LogP contribution < -0.4 is 10.1 Å². The molecular weight excluding hydrogens is 426 g/mol. The first kappa shape index (κ1) is 23.3. The van der Waals surface area contributed by atoms with E-state index in [0.717, 1.165) is 11.1 Å². The summed E-state index contributed by atoms with van der Waals surface area (Å²) in [7, 11) is 0. The van der Waals surface area contributed by atoms with Crippen LogP contribution in [0.25, 0.3) is 0 Å². The van der Waals surface area contributed by atoms with Crippen molar-refractivity contribution < 1.29 is 33.7 Å². The van der Waals surface area contributed by atoms with E-state index in [2.05, 4.69) is 5.32 Å². The Morgan fingerprint density at radius 1 is 0.758 bits per heavy atom. The molecule has 0 radical (unpaired) electrons. The van der Waals surface area contributed by atoms with Crippen LogP contribution >= 0.6 is 0 Å². The van der Waals surface area contributed by atoms with E-state index in [1.807, 2.05) is 60.7 Å². The average Bonchev–Trinajstić information content (AvgIpc) is 2.81. The normalized spacial score (nSPS) is 10.2. The zero-order valence-electron chi connectivity index (χ0n) is 17.7. The predicted octanol–water partition coefficient (Wildman–Crippen LogP) is 4.93. The highest BCUT2D eigenvalue weighted by Crippen LogP contribution is 2.24. The lowest BCUT2D eigenvalue weighted by Crippen LogP contribution is -2.17. The van der Waals surface area contributed by atoms with Gasteiger partial charge in [0.1, 0.15) is 11.3 Å². The smallest absolute Gasteiger partial charge is 0.478 e. The number of benzene rings is 3. The van der Waals surface area contributed by atoms with Gasteiger partial charge in [-0.1, -0.05) is 60.7 Å². The molecule has 0 saturated heterocycles. The molecule has 8 heteroatoms. The van der Waals surface area contributed by atoms with E-state index in [1.54, 1.807) is 0 Å². The molecule has 0 aromatic heterocycles. The van der Waals surface area contributed by atoms with E-state index < -0.39 is 18.2 Å². The number of carboxylic acid groups (broad SMARTS) is 1. The first-order valence-corrected chi connectivity index (χ1v) is 10.2. The topological polar surface area (TPSA) is 111 Å².